The Hall–Kier alpha value is -2.55. The van der Waals surface area contributed by atoms with Gasteiger partial charge in [-0.2, -0.15) is 0 Å². The third-order valence-electron chi connectivity index (χ3n) is 13.3. The topological polar surface area (TPSA) is 108 Å². The molecule has 0 aromatic rings. The number of esters is 2. The second-order valence-corrected chi connectivity index (χ2v) is 23.2. The number of phosphoric acid groups is 1. The molecule has 0 aliphatic heterocycles. The summed E-state index contributed by atoms with van der Waals surface area (Å²) in [6.07, 6.45) is 72.9. The van der Waals surface area contributed by atoms with E-state index in [0.717, 1.165) is 70.6 Å². The summed E-state index contributed by atoms with van der Waals surface area (Å²) < 4.78 is 34.5. The van der Waals surface area contributed by atoms with E-state index in [1.54, 1.807) is 0 Å². The Labute approximate surface area is 457 Å². The van der Waals surface area contributed by atoms with Crippen LogP contribution in [0.25, 0.3) is 0 Å². The van der Waals surface area contributed by atoms with Gasteiger partial charge in [-0.25, -0.2) is 4.57 Å². The van der Waals surface area contributed by atoms with Crippen LogP contribution in [0.3, 0.4) is 0 Å². The van der Waals surface area contributed by atoms with Crippen LogP contribution in [0.1, 0.15) is 271 Å². The Balaban J connectivity index is 3.90. The average molecular weight is 1060 g/mol. The molecule has 0 heterocycles. The molecule has 10 heteroatoms. The predicted octanol–water partition coefficient (Wildman–Crippen LogP) is 19.3. The number of nitrogens with zero attached hydrogens (tertiary/aromatic N) is 1. The number of ether oxygens (including phenoxy) is 2. The number of hydrogen-bond acceptors (Lipinski definition) is 7. The summed E-state index contributed by atoms with van der Waals surface area (Å²) in [7, 11) is 1.49. The van der Waals surface area contributed by atoms with Crippen LogP contribution in [0.15, 0.2) is 72.9 Å². The van der Waals surface area contributed by atoms with Gasteiger partial charge in [0.25, 0.3) is 0 Å². The minimum Gasteiger partial charge on any atom is -0.462 e. The number of likely N-dealkylation sites (N-methyl/N-ethyl adjacent to an activating group) is 1. The lowest BCUT2D eigenvalue weighted by atomic mass is 10.0. The Bertz CT molecular complexity index is 1480. The van der Waals surface area contributed by atoms with E-state index in [4.69, 9.17) is 18.5 Å². The molecule has 430 valence electrons. The van der Waals surface area contributed by atoms with Crippen molar-refractivity contribution in [3.05, 3.63) is 72.9 Å². The van der Waals surface area contributed by atoms with Gasteiger partial charge in [-0.3, -0.25) is 18.6 Å². The summed E-state index contributed by atoms with van der Waals surface area (Å²) in [6.45, 7) is 4.33. The summed E-state index contributed by atoms with van der Waals surface area (Å²) in [5, 5.41) is 0. The molecule has 0 bridgehead atoms. The van der Waals surface area contributed by atoms with Crippen molar-refractivity contribution in [2.24, 2.45) is 0 Å². The van der Waals surface area contributed by atoms with Crippen molar-refractivity contribution < 1.29 is 42.1 Å². The van der Waals surface area contributed by atoms with Gasteiger partial charge in [0.2, 0.25) is 0 Å². The zero-order valence-corrected chi connectivity index (χ0v) is 49.7. The third kappa shape index (κ3) is 58.7. The quantitative estimate of drug-likeness (QED) is 0.0211. The summed E-state index contributed by atoms with van der Waals surface area (Å²) >= 11 is 0. The first-order chi connectivity index (χ1) is 36.0. The van der Waals surface area contributed by atoms with Crippen molar-refractivity contribution >= 4 is 19.8 Å². The highest BCUT2D eigenvalue weighted by Crippen LogP contribution is 2.43. The predicted molar refractivity (Wildman–Crippen MR) is 316 cm³/mol. The fraction of sp³-hybridized carbons (Fsp3) is 0.781. The summed E-state index contributed by atoms with van der Waals surface area (Å²) in [4.78, 5) is 35.6. The lowest BCUT2D eigenvalue weighted by Crippen LogP contribution is -2.37. The summed E-state index contributed by atoms with van der Waals surface area (Å²) in [6, 6.07) is 0. The van der Waals surface area contributed by atoms with Gasteiger partial charge >= 0.3 is 19.8 Å². The number of unbranched alkanes of at least 4 members (excludes halogenated alkanes) is 30. The monoisotopic (exact) mass is 1060 g/mol. The Morgan fingerprint density at radius 2 is 0.770 bits per heavy atom. The molecular formula is C64H117NO8P+. The molecule has 0 saturated carbocycles. The fourth-order valence-electron chi connectivity index (χ4n) is 8.55. The molecule has 0 saturated heterocycles. The van der Waals surface area contributed by atoms with E-state index in [9.17, 15) is 19.0 Å². The highest BCUT2D eigenvalue weighted by molar-refractivity contribution is 7.47. The lowest BCUT2D eigenvalue weighted by Gasteiger charge is -2.24. The van der Waals surface area contributed by atoms with E-state index in [1.165, 1.54) is 167 Å². The van der Waals surface area contributed by atoms with E-state index < -0.39 is 26.5 Å². The average Bonchev–Trinajstić information content (AvgIpc) is 3.36. The van der Waals surface area contributed by atoms with Crippen LogP contribution in [0, 0.1) is 0 Å². The Morgan fingerprint density at radius 3 is 1.15 bits per heavy atom. The number of phosphoric ester groups is 1. The molecule has 0 amide bonds. The molecule has 1 N–H and O–H groups in total. The molecule has 0 spiro atoms. The van der Waals surface area contributed by atoms with Crippen molar-refractivity contribution in [2.45, 2.75) is 277 Å². The number of allylic oxidation sites excluding steroid dienone is 12. The first-order valence-corrected chi connectivity index (χ1v) is 32.2. The van der Waals surface area contributed by atoms with Crippen molar-refractivity contribution in [2.75, 3.05) is 47.5 Å². The number of hydrogen-bond donors (Lipinski definition) is 1. The van der Waals surface area contributed by atoms with Crippen molar-refractivity contribution in [3.8, 4) is 0 Å². The van der Waals surface area contributed by atoms with E-state index >= 15 is 0 Å². The van der Waals surface area contributed by atoms with Crippen LogP contribution in [0.5, 0.6) is 0 Å². The molecule has 2 unspecified atom stereocenters. The van der Waals surface area contributed by atoms with Crippen LogP contribution < -0.4 is 0 Å². The molecule has 0 aromatic carbocycles. The molecule has 0 rings (SSSR count). The van der Waals surface area contributed by atoms with Gasteiger partial charge in [-0.1, -0.05) is 267 Å². The van der Waals surface area contributed by atoms with Gasteiger partial charge in [0, 0.05) is 12.8 Å². The first kappa shape index (κ1) is 71.5. The van der Waals surface area contributed by atoms with Crippen LogP contribution >= 0.6 is 7.82 Å². The molecule has 2 atom stereocenters. The smallest absolute Gasteiger partial charge is 0.462 e. The van der Waals surface area contributed by atoms with Gasteiger partial charge in [0.05, 0.1) is 27.7 Å². The number of quaternary nitrogens is 1. The van der Waals surface area contributed by atoms with Gasteiger partial charge in [0.15, 0.2) is 6.10 Å². The highest BCUT2D eigenvalue weighted by Gasteiger charge is 2.27. The maximum Gasteiger partial charge on any atom is 0.472 e. The molecule has 0 radical (unpaired) electrons. The maximum atomic E-state index is 12.8. The molecule has 0 fully saturated rings. The van der Waals surface area contributed by atoms with Crippen LogP contribution in [-0.2, 0) is 32.7 Å². The zero-order valence-electron chi connectivity index (χ0n) is 48.8. The van der Waals surface area contributed by atoms with E-state index in [1.807, 2.05) is 21.1 Å². The Morgan fingerprint density at radius 1 is 0.432 bits per heavy atom. The van der Waals surface area contributed by atoms with Crippen LogP contribution in [-0.4, -0.2) is 74.9 Å². The van der Waals surface area contributed by atoms with Crippen molar-refractivity contribution in [1.29, 1.82) is 0 Å². The molecular weight excluding hydrogens is 942 g/mol. The second-order valence-electron chi connectivity index (χ2n) is 21.7. The minimum absolute atomic E-state index is 0.0330. The molecule has 0 aliphatic rings. The normalized spacial score (nSPS) is 13.8. The van der Waals surface area contributed by atoms with Crippen LogP contribution in [0.2, 0.25) is 0 Å². The van der Waals surface area contributed by atoms with Crippen molar-refractivity contribution in [1.82, 2.24) is 0 Å². The summed E-state index contributed by atoms with van der Waals surface area (Å²) in [5.74, 6) is -0.788. The number of carbonyl (C=O) groups is 2. The first-order valence-electron chi connectivity index (χ1n) is 30.7. The van der Waals surface area contributed by atoms with Crippen LogP contribution in [0.4, 0.5) is 0 Å². The fourth-order valence-corrected chi connectivity index (χ4v) is 9.29. The number of rotatable bonds is 56. The summed E-state index contributed by atoms with van der Waals surface area (Å²) in [5.41, 5.74) is 0. The van der Waals surface area contributed by atoms with E-state index in [2.05, 4.69) is 86.8 Å². The second kappa shape index (κ2) is 55.2. The Kier molecular flexibility index (Phi) is 53.3. The number of carbonyl (C=O) groups excluding carboxylic acids is 2. The molecule has 0 aliphatic carbocycles. The zero-order chi connectivity index (χ0) is 54.2. The minimum atomic E-state index is -4.38. The van der Waals surface area contributed by atoms with Gasteiger partial charge in [-0.15, -0.1) is 0 Å². The third-order valence-corrected chi connectivity index (χ3v) is 14.2. The standard InChI is InChI=1S/C64H116NO8P/c1-6-8-10-12-14-16-18-19-20-21-22-23-24-25-26-27-28-29-30-31-32-33-34-35-36-37-38-39-40-41-42-43-44-45-47-49-51-53-55-57-64(67)73-62(61-72-74(68,69)71-59-58-65(3,4)5)60-70-63(66)56-54-52-50-48-46-17-15-13-11-9-7-2/h8,10,14,16,19-20,22-23,25-26,28-29,62H,6-7,9,11-13,15,17-18,21,24,27,30-61H2,1-5H3/p+1/b10-8-,16-14-,20-19-,23-22-,26-25-,29-28-. The van der Waals surface area contributed by atoms with E-state index in [-0.39, 0.29) is 25.6 Å². The SMILES string of the molecule is CC/C=C\C/C=C\C/C=C\C/C=C\C/C=C\C/C=C\CCCCCCCCCCCCCCCCCCCCCCC(=O)OC(COC(=O)CCCCCCCCCCCCC)COP(=O)(O)OCC[N+](C)(C)C. The largest absolute Gasteiger partial charge is 0.472 e. The molecule has 0 aromatic heterocycles. The van der Waals surface area contributed by atoms with E-state index in [0.29, 0.717) is 23.9 Å². The molecule has 74 heavy (non-hydrogen) atoms. The van der Waals surface area contributed by atoms with Gasteiger partial charge < -0.3 is 18.9 Å². The molecule has 9 nitrogen and oxygen atoms in total. The van der Waals surface area contributed by atoms with Crippen molar-refractivity contribution in [3.63, 3.8) is 0 Å². The van der Waals surface area contributed by atoms with Gasteiger partial charge in [0.1, 0.15) is 19.8 Å². The maximum absolute atomic E-state index is 12.8. The van der Waals surface area contributed by atoms with Gasteiger partial charge in [-0.05, 0) is 64.2 Å². The lowest BCUT2D eigenvalue weighted by molar-refractivity contribution is -0.870. The highest BCUT2D eigenvalue weighted by atomic mass is 31.2.